The molecule has 0 spiro atoms. The molecule has 0 heterocycles. The van der Waals surface area contributed by atoms with Crippen LogP contribution in [0, 0.1) is 5.82 Å². The molecule has 106 valence electrons. The van der Waals surface area contributed by atoms with Crippen molar-refractivity contribution < 1.29 is 9.18 Å². The zero-order valence-corrected chi connectivity index (χ0v) is 12.1. The summed E-state index contributed by atoms with van der Waals surface area (Å²) in [7, 11) is 0. The predicted octanol–water partition coefficient (Wildman–Crippen LogP) is 2.78. The van der Waals surface area contributed by atoms with Crippen LogP contribution in [0.4, 0.5) is 4.39 Å². The predicted molar refractivity (Wildman–Crippen MR) is 75.3 cm³/mol. The van der Waals surface area contributed by atoms with E-state index in [2.05, 4.69) is 10.6 Å². The third kappa shape index (κ3) is 5.39. The molecule has 1 atom stereocenters. The number of hydrogen-bond donors (Lipinski definition) is 2. The van der Waals surface area contributed by atoms with Crippen LogP contribution >= 0.6 is 0 Å². The minimum atomic E-state index is -0.251. The maximum atomic E-state index is 12.8. The number of rotatable bonds is 6. The van der Waals surface area contributed by atoms with Crippen molar-refractivity contribution in [1.82, 2.24) is 10.6 Å². The summed E-state index contributed by atoms with van der Waals surface area (Å²) in [6.07, 6.45) is 0.881. The first-order chi connectivity index (χ1) is 8.84. The summed E-state index contributed by atoms with van der Waals surface area (Å²) in [5.41, 5.74) is 0.779. The van der Waals surface area contributed by atoms with Crippen molar-refractivity contribution in [3.63, 3.8) is 0 Å². The highest BCUT2D eigenvalue weighted by Gasteiger charge is 2.17. The first kappa shape index (κ1) is 15.6. The molecule has 0 aromatic heterocycles. The lowest BCUT2D eigenvalue weighted by Crippen LogP contribution is -2.46. The molecule has 1 aromatic rings. The highest BCUT2D eigenvalue weighted by atomic mass is 19.1. The molecule has 0 radical (unpaired) electrons. The molecule has 0 fully saturated rings. The maximum Gasteiger partial charge on any atom is 0.234 e. The van der Waals surface area contributed by atoms with Crippen LogP contribution in [-0.2, 0) is 4.79 Å². The minimum Gasteiger partial charge on any atom is -0.350 e. The third-order valence-electron chi connectivity index (χ3n) is 3.30. The summed E-state index contributed by atoms with van der Waals surface area (Å²) >= 11 is 0. The van der Waals surface area contributed by atoms with Gasteiger partial charge >= 0.3 is 0 Å². The van der Waals surface area contributed by atoms with Gasteiger partial charge in [0, 0.05) is 11.6 Å². The van der Waals surface area contributed by atoms with Crippen LogP contribution in [0.2, 0.25) is 0 Å². The summed E-state index contributed by atoms with van der Waals surface area (Å²) in [5, 5.41) is 6.09. The van der Waals surface area contributed by atoms with Crippen LogP contribution in [-0.4, -0.2) is 18.0 Å². The van der Waals surface area contributed by atoms with E-state index in [1.54, 1.807) is 12.1 Å². The number of carbonyl (C=O) groups is 1. The van der Waals surface area contributed by atoms with Crippen LogP contribution in [0.3, 0.4) is 0 Å². The van der Waals surface area contributed by atoms with E-state index in [9.17, 15) is 9.18 Å². The molecule has 0 saturated heterocycles. The van der Waals surface area contributed by atoms with Gasteiger partial charge in [0.25, 0.3) is 0 Å². The zero-order valence-electron chi connectivity index (χ0n) is 12.1. The number of benzene rings is 1. The van der Waals surface area contributed by atoms with E-state index in [0.717, 1.165) is 12.0 Å². The average molecular weight is 266 g/mol. The van der Waals surface area contributed by atoms with Gasteiger partial charge in [-0.25, -0.2) is 4.39 Å². The van der Waals surface area contributed by atoms with Crippen molar-refractivity contribution in [3.8, 4) is 0 Å². The summed E-state index contributed by atoms with van der Waals surface area (Å²) in [5.74, 6) is -0.279. The molecule has 0 unspecified atom stereocenters. The number of hydrogen-bond acceptors (Lipinski definition) is 2. The fourth-order valence-electron chi connectivity index (χ4n) is 1.63. The molecule has 1 amide bonds. The van der Waals surface area contributed by atoms with E-state index in [1.165, 1.54) is 12.1 Å². The van der Waals surface area contributed by atoms with Gasteiger partial charge in [-0.15, -0.1) is 0 Å². The maximum absolute atomic E-state index is 12.8. The molecule has 3 nitrogen and oxygen atoms in total. The zero-order chi connectivity index (χ0) is 14.5. The molecule has 19 heavy (non-hydrogen) atoms. The Bertz CT molecular complexity index is 415. The highest BCUT2D eigenvalue weighted by molar-refractivity contribution is 5.78. The smallest absolute Gasteiger partial charge is 0.234 e. The first-order valence-corrected chi connectivity index (χ1v) is 6.64. The van der Waals surface area contributed by atoms with E-state index >= 15 is 0 Å². The Kier molecular flexibility index (Phi) is 5.48. The van der Waals surface area contributed by atoms with Gasteiger partial charge in [-0.1, -0.05) is 19.1 Å². The Morgan fingerprint density at radius 2 is 1.89 bits per heavy atom. The van der Waals surface area contributed by atoms with Gasteiger partial charge in [0.2, 0.25) is 5.91 Å². The van der Waals surface area contributed by atoms with E-state index in [0.29, 0.717) is 0 Å². The molecule has 2 N–H and O–H groups in total. The van der Waals surface area contributed by atoms with Gasteiger partial charge in [0.05, 0.1) is 6.54 Å². The van der Waals surface area contributed by atoms with Gasteiger partial charge < -0.3 is 10.6 Å². The summed E-state index contributed by atoms with van der Waals surface area (Å²) < 4.78 is 12.8. The minimum absolute atomic E-state index is 0.0103. The summed E-state index contributed by atoms with van der Waals surface area (Å²) in [6, 6.07) is 6.31. The van der Waals surface area contributed by atoms with Crippen molar-refractivity contribution in [2.75, 3.05) is 6.54 Å². The van der Waals surface area contributed by atoms with Gasteiger partial charge in [0.15, 0.2) is 0 Å². The second kappa shape index (κ2) is 6.66. The summed E-state index contributed by atoms with van der Waals surface area (Å²) in [6.45, 7) is 8.23. The summed E-state index contributed by atoms with van der Waals surface area (Å²) in [4.78, 5) is 11.8. The van der Waals surface area contributed by atoms with Crippen molar-refractivity contribution in [3.05, 3.63) is 35.6 Å². The Labute approximate surface area is 114 Å². The molecule has 0 aliphatic carbocycles. The molecular weight excluding hydrogens is 243 g/mol. The lowest BCUT2D eigenvalue weighted by molar-refractivity contribution is -0.122. The van der Waals surface area contributed by atoms with Gasteiger partial charge in [-0.3, -0.25) is 4.79 Å². The standard InChI is InChI=1S/C15H23FN2O/c1-5-15(3,4)18-14(19)10-17-11(2)12-6-8-13(16)9-7-12/h6-9,11,17H,5,10H2,1-4H3,(H,18,19)/t11-/m0/s1. The molecule has 4 heteroatoms. The lowest BCUT2D eigenvalue weighted by Gasteiger charge is -2.25. The van der Waals surface area contributed by atoms with Crippen LogP contribution in [0.25, 0.3) is 0 Å². The number of amides is 1. The lowest BCUT2D eigenvalue weighted by atomic mass is 10.0. The van der Waals surface area contributed by atoms with Crippen molar-refractivity contribution in [1.29, 1.82) is 0 Å². The highest BCUT2D eigenvalue weighted by Crippen LogP contribution is 2.12. The quantitative estimate of drug-likeness (QED) is 0.831. The van der Waals surface area contributed by atoms with Crippen LogP contribution in [0.1, 0.15) is 45.7 Å². The van der Waals surface area contributed by atoms with Gasteiger partial charge in [-0.2, -0.15) is 0 Å². The molecule has 0 aliphatic rings. The molecule has 0 aliphatic heterocycles. The molecule has 0 bridgehead atoms. The molecular formula is C15H23FN2O. The molecule has 1 rings (SSSR count). The fourth-order valence-corrected chi connectivity index (χ4v) is 1.63. The number of halogens is 1. The molecule has 0 saturated carbocycles. The van der Waals surface area contributed by atoms with Crippen molar-refractivity contribution >= 4 is 5.91 Å². The number of nitrogens with one attached hydrogen (secondary N) is 2. The van der Waals surface area contributed by atoms with Gasteiger partial charge in [-0.05, 0) is 44.9 Å². The second-order valence-electron chi connectivity index (χ2n) is 5.44. The van der Waals surface area contributed by atoms with E-state index < -0.39 is 0 Å². The Hall–Kier alpha value is -1.42. The van der Waals surface area contributed by atoms with E-state index in [-0.39, 0.29) is 29.8 Å². The fraction of sp³-hybridized carbons (Fsp3) is 0.533. The molecule has 1 aromatic carbocycles. The van der Waals surface area contributed by atoms with Crippen LogP contribution in [0.15, 0.2) is 24.3 Å². The van der Waals surface area contributed by atoms with Crippen LogP contribution < -0.4 is 10.6 Å². The average Bonchev–Trinajstić information content (AvgIpc) is 2.36. The second-order valence-corrected chi connectivity index (χ2v) is 5.44. The Balaban J connectivity index is 2.44. The third-order valence-corrected chi connectivity index (χ3v) is 3.30. The Morgan fingerprint density at radius 1 is 1.32 bits per heavy atom. The van der Waals surface area contributed by atoms with Crippen molar-refractivity contribution in [2.45, 2.75) is 45.7 Å². The van der Waals surface area contributed by atoms with Gasteiger partial charge in [0.1, 0.15) is 5.82 Å². The van der Waals surface area contributed by atoms with Crippen LogP contribution in [0.5, 0.6) is 0 Å². The SMILES string of the molecule is CCC(C)(C)NC(=O)CN[C@@H](C)c1ccc(F)cc1. The number of carbonyl (C=O) groups excluding carboxylic acids is 1. The first-order valence-electron chi connectivity index (χ1n) is 6.64. The normalized spacial score (nSPS) is 13.1. The topological polar surface area (TPSA) is 41.1 Å². The van der Waals surface area contributed by atoms with E-state index in [1.807, 2.05) is 27.7 Å². The van der Waals surface area contributed by atoms with E-state index in [4.69, 9.17) is 0 Å². The van der Waals surface area contributed by atoms with Crippen molar-refractivity contribution in [2.24, 2.45) is 0 Å². The largest absolute Gasteiger partial charge is 0.350 e. The monoisotopic (exact) mass is 266 g/mol. The Morgan fingerprint density at radius 3 is 2.42 bits per heavy atom.